The highest BCUT2D eigenvalue weighted by molar-refractivity contribution is 6.30. The van der Waals surface area contributed by atoms with Crippen LogP contribution in [0.4, 0.5) is 0 Å². The monoisotopic (exact) mass is 421 g/mol. The summed E-state index contributed by atoms with van der Waals surface area (Å²) in [5, 5.41) is 9.82. The van der Waals surface area contributed by atoms with Gasteiger partial charge in [-0.15, -0.1) is 10.2 Å². The minimum atomic E-state index is 0.696. The van der Waals surface area contributed by atoms with Gasteiger partial charge in [-0.2, -0.15) is 0 Å². The van der Waals surface area contributed by atoms with E-state index in [1.807, 2.05) is 30.3 Å². The van der Waals surface area contributed by atoms with Crippen LogP contribution in [0.15, 0.2) is 103 Å². The maximum absolute atomic E-state index is 6.10. The second-order valence-electron chi connectivity index (χ2n) is 7.47. The smallest absolute Gasteiger partial charge is 0.168 e. The van der Waals surface area contributed by atoms with E-state index < -0.39 is 0 Å². The van der Waals surface area contributed by atoms with Crippen molar-refractivity contribution in [1.29, 1.82) is 0 Å². The zero-order valence-corrected chi connectivity index (χ0v) is 17.8. The maximum atomic E-state index is 6.10. The Bertz CT molecular complexity index is 1320. The van der Waals surface area contributed by atoms with Crippen molar-refractivity contribution in [3.63, 3.8) is 0 Å². The Labute approximate surface area is 186 Å². The highest BCUT2D eigenvalue weighted by atomic mass is 35.5. The molecule has 4 heteroatoms. The van der Waals surface area contributed by atoms with Crippen LogP contribution in [0.3, 0.4) is 0 Å². The number of benzene rings is 4. The van der Waals surface area contributed by atoms with Crippen molar-refractivity contribution < 1.29 is 0 Å². The summed E-state index contributed by atoms with van der Waals surface area (Å²) in [4.78, 5) is 0. The van der Waals surface area contributed by atoms with E-state index in [1.165, 1.54) is 16.7 Å². The van der Waals surface area contributed by atoms with Gasteiger partial charge in [0.2, 0.25) is 0 Å². The number of aryl methyl sites for hydroxylation is 1. The molecule has 5 aromatic rings. The maximum Gasteiger partial charge on any atom is 0.168 e. The summed E-state index contributed by atoms with van der Waals surface area (Å²) in [6.07, 6.45) is 0. The van der Waals surface area contributed by atoms with Gasteiger partial charge in [-0.05, 0) is 60.0 Å². The molecule has 0 unspecified atom stereocenters. The van der Waals surface area contributed by atoms with Gasteiger partial charge in [0.15, 0.2) is 11.6 Å². The van der Waals surface area contributed by atoms with Gasteiger partial charge in [-0.3, -0.25) is 4.57 Å². The minimum absolute atomic E-state index is 0.696. The van der Waals surface area contributed by atoms with E-state index in [4.69, 9.17) is 11.6 Å². The molecular formula is C27H20ClN3. The molecule has 0 spiro atoms. The van der Waals surface area contributed by atoms with Crippen molar-refractivity contribution in [3.8, 4) is 39.6 Å². The summed E-state index contributed by atoms with van der Waals surface area (Å²) >= 11 is 6.10. The highest BCUT2D eigenvalue weighted by Gasteiger charge is 2.17. The molecule has 31 heavy (non-hydrogen) atoms. The van der Waals surface area contributed by atoms with Gasteiger partial charge in [-0.25, -0.2) is 0 Å². The summed E-state index contributed by atoms with van der Waals surface area (Å²) in [6.45, 7) is 2.09. The van der Waals surface area contributed by atoms with Crippen LogP contribution < -0.4 is 0 Å². The number of halogens is 1. The van der Waals surface area contributed by atoms with E-state index in [-0.39, 0.29) is 0 Å². The second kappa shape index (κ2) is 8.21. The van der Waals surface area contributed by atoms with Crippen LogP contribution in [-0.4, -0.2) is 14.8 Å². The normalized spacial score (nSPS) is 10.9. The van der Waals surface area contributed by atoms with Crippen LogP contribution in [0, 0.1) is 6.92 Å². The standard InChI is InChI=1S/C27H20ClN3/c1-19-6-5-9-25(18-19)31-26(29-30-27(31)23-14-16-24(28)17-15-23)22-12-10-21(11-13-22)20-7-3-2-4-8-20/h2-18H,1H3. The number of hydrogen-bond acceptors (Lipinski definition) is 2. The molecule has 0 radical (unpaired) electrons. The van der Waals surface area contributed by atoms with Crippen LogP contribution in [0.2, 0.25) is 5.02 Å². The molecule has 0 aliphatic heterocycles. The van der Waals surface area contributed by atoms with Gasteiger partial charge in [0.25, 0.3) is 0 Å². The molecule has 0 fully saturated rings. The topological polar surface area (TPSA) is 30.7 Å². The third kappa shape index (κ3) is 3.88. The third-order valence-electron chi connectivity index (χ3n) is 5.28. The summed E-state index contributed by atoms with van der Waals surface area (Å²) in [7, 11) is 0. The molecule has 3 nitrogen and oxygen atoms in total. The molecule has 0 saturated heterocycles. The van der Waals surface area contributed by atoms with Crippen molar-refractivity contribution in [2.24, 2.45) is 0 Å². The first-order valence-electron chi connectivity index (χ1n) is 10.1. The van der Waals surface area contributed by atoms with Crippen molar-refractivity contribution >= 4 is 11.6 Å². The lowest BCUT2D eigenvalue weighted by molar-refractivity contribution is 1.07. The number of aromatic nitrogens is 3. The Morgan fingerprint density at radius 2 is 1.13 bits per heavy atom. The zero-order valence-electron chi connectivity index (χ0n) is 17.0. The zero-order chi connectivity index (χ0) is 21.2. The SMILES string of the molecule is Cc1cccc(-n2c(-c3ccc(Cl)cc3)nnc2-c2ccc(-c3ccccc3)cc2)c1. The van der Waals surface area contributed by atoms with Crippen molar-refractivity contribution in [3.05, 3.63) is 114 Å². The predicted molar refractivity (Wildman–Crippen MR) is 127 cm³/mol. The summed E-state index contributed by atoms with van der Waals surface area (Å²) in [5.74, 6) is 1.58. The lowest BCUT2D eigenvalue weighted by Gasteiger charge is -2.12. The van der Waals surface area contributed by atoms with Crippen LogP contribution in [0.1, 0.15) is 5.56 Å². The Balaban J connectivity index is 1.64. The Kier molecular flexibility index (Phi) is 5.11. The fraction of sp³-hybridized carbons (Fsp3) is 0.0370. The van der Waals surface area contributed by atoms with Crippen LogP contribution >= 0.6 is 11.6 Å². The van der Waals surface area contributed by atoms with Crippen molar-refractivity contribution in [2.75, 3.05) is 0 Å². The average Bonchev–Trinajstić information content (AvgIpc) is 3.25. The molecule has 0 bridgehead atoms. The molecule has 0 aliphatic carbocycles. The molecule has 0 saturated carbocycles. The van der Waals surface area contributed by atoms with Gasteiger partial charge in [-0.1, -0.05) is 78.3 Å². The van der Waals surface area contributed by atoms with Gasteiger partial charge in [0, 0.05) is 21.8 Å². The molecule has 150 valence electrons. The summed E-state index contributed by atoms with van der Waals surface area (Å²) < 4.78 is 2.10. The van der Waals surface area contributed by atoms with Gasteiger partial charge in [0.1, 0.15) is 0 Å². The first-order valence-corrected chi connectivity index (χ1v) is 10.5. The van der Waals surface area contributed by atoms with Gasteiger partial charge < -0.3 is 0 Å². The fourth-order valence-electron chi connectivity index (χ4n) is 3.71. The third-order valence-corrected chi connectivity index (χ3v) is 5.53. The van der Waals surface area contributed by atoms with Crippen LogP contribution in [0.25, 0.3) is 39.6 Å². The molecule has 0 atom stereocenters. The quantitative estimate of drug-likeness (QED) is 0.306. The van der Waals surface area contributed by atoms with E-state index in [0.29, 0.717) is 5.02 Å². The molecule has 1 aromatic heterocycles. The van der Waals surface area contributed by atoms with E-state index >= 15 is 0 Å². The van der Waals surface area contributed by atoms with Crippen LogP contribution in [-0.2, 0) is 0 Å². The minimum Gasteiger partial charge on any atom is -0.275 e. The van der Waals surface area contributed by atoms with E-state index in [2.05, 4.69) is 94.5 Å². The number of rotatable bonds is 4. The number of nitrogens with zero attached hydrogens (tertiary/aromatic N) is 3. The fourth-order valence-corrected chi connectivity index (χ4v) is 3.84. The van der Waals surface area contributed by atoms with E-state index in [9.17, 15) is 0 Å². The largest absolute Gasteiger partial charge is 0.275 e. The Hall–Kier alpha value is -3.69. The average molecular weight is 422 g/mol. The number of hydrogen-bond donors (Lipinski definition) is 0. The first kappa shape index (κ1) is 19.3. The highest BCUT2D eigenvalue weighted by Crippen LogP contribution is 2.30. The molecule has 5 rings (SSSR count). The molecular weight excluding hydrogens is 402 g/mol. The van der Waals surface area contributed by atoms with E-state index in [1.54, 1.807) is 0 Å². The molecule has 4 aromatic carbocycles. The van der Waals surface area contributed by atoms with Crippen molar-refractivity contribution in [1.82, 2.24) is 14.8 Å². The second-order valence-corrected chi connectivity index (χ2v) is 7.91. The first-order chi connectivity index (χ1) is 15.2. The Morgan fingerprint density at radius 3 is 1.74 bits per heavy atom. The summed E-state index contributed by atoms with van der Waals surface area (Å²) in [6, 6.07) is 34.9. The van der Waals surface area contributed by atoms with Crippen LogP contribution in [0.5, 0.6) is 0 Å². The summed E-state index contributed by atoms with van der Waals surface area (Å²) in [5.41, 5.74) is 6.54. The van der Waals surface area contributed by atoms with E-state index in [0.717, 1.165) is 28.5 Å². The molecule has 1 heterocycles. The van der Waals surface area contributed by atoms with Gasteiger partial charge >= 0.3 is 0 Å². The van der Waals surface area contributed by atoms with Crippen molar-refractivity contribution in [2.45, 2.75) is 6.92 Å². The van der Waals surface area contributed by atoms with Gasteiger partial charge in [0.05, 0.1) is 0 Å². The lowest BCUT2D eigenvalue weighted by Crippen LogP contribution is -2.00. The molecule has 0 amide bonds. The lowest BCUT2D eigenvalue weighted by atomic mass is 10.0. The molecule has 0 aliphatic rings. The molecule has 0 N–H and O–H groups in total. The Morgan fingerprint density at radius 1 is 0.581 bits per heavy atom. The predicted octanol–water partition coefficient (Wildman–Crippen LogP) is 7.23.